The highest BCUT2D eigenvalue weighted by Crippen LogP contribution is 2.19. The van der Waals surface area contributed by atoms with E-state index in [4.69, 9.17) is 0 Å². The number of hydrogen-bond donors (Lipinski definition) is 2. The largest absolute Gasteiger partial charge is 0.313 e. The van der Waals surface area contributed by atoms with Crippen LogP contribution in [0.4, 0.5) is 5.69 Å². The zero-order valence-electron chi connectivity index (χ0n) is 12.2. The zero-order chi connectivity index (χ0) is 14.5. The van der Waals surface area contributed by atoms with Crippen LogP contribution in [0.15, 0.2) is 24.3 Å². The van der Waals surface area contributed by atoms with Crippen molar-refractivity contribution >= 4 is 15.7 Å². The maximum atomic E-state index is 12.0. The quantitative estimate of drug-likeness (QED) is 0.790. The molecule has 0 fully saturated rings. The number of anilines is 1. The first kappa shape index (κ1) is 16.0. The van der Waals surface area contributed by atoms with Crippen LogP contribution in [0.3, 0.4) is 0 Å². The minimum absolute atomic E-state index is 0.606. The van der Waals surface area contributed by atoms with Gasteiger partial charge in [0.05, 0.1) is 4.75 Å². The molecule has 1 aromatic rings. The van der Waals surface area contributed by atoms with Crippen LogP contribution >= 0.6 is 0 Å². The summed E-state index contributed by atoms with van der Waals surface area (Å²) in [6.07, 6.45) is 1.10. The molecule has 0 aliphatic rings. The summed E-state index contributed by atoms with van der Waals surface area (Å²) < 4.78 is 25.8. The molecule has 2 N–H and O–H groups in total. The molecule has 0 bridgehead atoms. The van der Waals surface area contributed by atoms with E-state index in [1.807, 2.05) is 12.1 Å². The summed E-state index contributed by atoms with van der Waals surface area (Å²) in [6, 6.07) is 7.46. The Labute approximate surface area is 116 Å². The van der Waals surface area contributed by atoms with E-state index >= 15 is 0 Å². The lowest BCUT2D eigenvalue weighted by molar-refractivity contribution is 0.566. The van der Waals surface area contributed by atoms with Crippen molar-refractivity contribution in [3.05, 3.63) is 29.8 Å². The maximum Gasteiger partial charge on any atom is 0.237 e. The van der Waals surface area contributed by atoms with E-state index in [1.54, 1.807) is 32.9 Å². The predicted molar refractivity (Wildman–Crippen MR) is 80.7 cm³/mol. The Morgan fingerprint density at radius 2 is 1.68 bits per heavy atom. The first-order valence-corrected chi connectivity index (χ1v) is 8.06. The van der Waals surface area contributed by atoms with Gasteiger partial charge in [-0.3, -0.25) is 4.72 Å². The molecular formula is C14H24N2O2S. The standard InChI is InChI=1S/C14H24N2O2S/c1-5-10-15-11-12-6-8-13(9-7-12)16-19(17,18)14(2,3)4/h6-9,15-16H,5,10-11H2,1-4H3. The molecule has 0 atom stereocenters. The van der Waals surface area contributed by atoms with E-state index in [2.05, 4.69) is 17.0 Å². The predicted octanol–water partition coefficient (Wildman–Crippen LogP) is 2.73. The van der Waals surface area contributed by atoms with Gasteiger partial charge >= 0.3 is 0 Å². The van der Waals surface area contributed by atoms with E-state index in [0.29, 0.717) is 5.69 Å². The lowest BCUT2D eigenvalue weighted by Crippen LogP contribution is -2.33. The Morgan fingerprint density at radius 3 is 2.16 bits per heavy atom. The molecule has 108 valence electrons. The lowest BCUT2D eigenvalue weighted by atomic mass is 10.2. The van der Waals surface area contributed by atoms with Crippen LogP contribution < -0.4 is 10.0 Å². The molecular weight excluding hydrogens is 260 g/mol. The van der Waals surface area contributed by atoms with E-state index in [1.165, 1.54) is 0 Å². The first-order chi connectivity index (χ1) is 8.76. The molecule has 0 amide bonds. The smallest absolute Gasteiger partial charge is 0.237 e. The van der Waals surface area contributed by atoms with Gasteiger partial charge in [0.25, 0.3) is 0 Å². The highest BCUT2D eigenvalue weighted by atomic mass is 32.2. The number of benzene rings is 1. The van der Waals surface area contributed by atoms with Crippen LogP contribution in [0, 0.1) is 0 Å². The van der Waals surface area contributed by atoms with Crippen molar-refractivity contribution in [1.82, 2.24) is 5.32 Å². The Hall–Kier alpha value is -1.07. The summed E-state index contributed by atoms with van der Waals surface area (Å²) >= 11 is 0. The molecule has 0 aromatic heterocycles. The highest BCUT2D eigenvalue weighted by molar-refractivity contribution is 7.94. The van der Waals surface area contributed by atoms with Gasteiger partial charge in [-0.05, 0) is 51.4 Å². The molecule has 0 saturated carbocycles. The average molecular weight is 284 g/mol. The van der Waals surface area contributed by atoms with Crippen molar-refractivity contribution in [3.63, 3.8) is 0 Å². The third kappa shape index (κ3) is 4.84. The summed E-state index contributed by atoms with van der Waals surface area (Å²) in [5.41, 5.74) is 1.75. The van der Waals surface area contributed by atoms with Crippen molar-refractivity contribution in [3.8, 4) is 0 Å². The molecule has 1 aromatic carbocycles. The average Bonchev–Trinajstić information content (AvgIpc) is 2.30. The number of rotatable bonds is 6. The summed E-state index contributed by atoms with van der Waals surface area (Å²) in [7, 11) is -3.35. The van der Waals surface area contributed by atoms with Gasteiger partial charge in [-0.25, -0.2) is 8.42 Å². The van der Waals surface area contributed by atoms with Crippen molar-refractivity contribution in [2.45, 2.75) is 45.4 Å². The summed E-state index contributed by atoms with van der Waals surface area (Å²) in [5, 5.41) is 3.30. The third-order valence-electron chi connectivity index (χ3n) is 2.77. The van der Waals surface area contributed by atoms with Crippen molar-refractivity contribution < 1.29 is 8.42 Å². The molecule has 5 heteroatoms. The second-order valence-corrected chi connectivity index (χ2v) is 8.03. The Kier molecular flexibility index (Phi) is 5.38. The Morgan fingerprint density at radius 1 is 1.11 bits per heavy atom. The van der Waals surface area contributed by atoms with Crippen molar-refractivity contribution in [2.24, 2.45) is 0 Å². The van der Waals surface area contributed by atoms with Gasteiger partial charge in [-0.2, -0.15) is 0 Å². The van der Waals surface area contributed by atoms with Crippen LogP contribution in [-0.4, -0.2) is 19.7 Å². The van der Waals surface area contributed by atoms with Gasteiger partial charge in [0, 0.05) is 12.2 Å². The number of nitrogens with one attached hydrogen (secondary N) is 2. The molecule has 19 heavy (non-hydrogen) atoms. The summed E-state index contributed by atoms with van der Waals surface area (Å²) in [5.74, 6) is 0. The second-order valence-electron chi connectivity index (χ2n) is 5.59. The SMILES string of the molecule is CCCNCc1ccc(NS(=O)(=O)C(C)(C)C)cc1. The van der Waals surface area contributed by atoms with Gasteiger partial charge in [-0.15, -0.1) is 0 Å². The van der Waals surface area contributed by atoms with E-state index in [0.717, 1.165) is 25.1 Å². The monoisotopic (exact) mass is 284 g/mol. The fraction of sp³-hybridized carbons (Fsp3) is 0.571. The number of hydrogen-bond acceptors (Lipinski definition) is 3. The minimum atomic E-state index is -3.35. The van der Waals surface area contributed by atoms with E-state index in [9.17, 15) is 8.42 Å². The topological polar surface area (TPSA) is 58.2 Å². The van der Waals surface area contributed by atoms with Crippen LogP contribution in [0.2, 0.25) is 0 Å². The molecule has 0 saturated heterocycles. The van der Waals surface area contributed by atoms with E-state index in [-0.39, 0.29) is 0 Å². The molecule has 0 aliphatic carbocycles. The van der Waals surface area contributed by atoms with Gasteiger partial charge < -0.3 is 5.32 Å². The van der Waals surface area contributed by atoms with Gasteiger partial charge in [-0.1, -0.05) is 19.1 Å². The van der Waals surface area contributed by atoms with Gasteiger partial charge in [0.2, 0.25) is 10.0 Å². The fourth-order valence-electron chi connectivity index (χ4n) is 1.41. The molecule has 0 spiro atoms. The molecule has 0 radical (unpaired) electrons. The van der Waals surface area contributed by atoms with Crippen LogP contribution in [0.1, 0.15) is 39.7 Å². The second kappa shape index (κ2) is 6.39. The molecule has 0 heterocycles. The van der Waals surface area contributed by atoms with Gasteiger partial charge in [0.1, 0.15) is 0 Å². The highest BCUT2D eigenvalue weighted by Gasteiger charge is 2.28. The van der Waals surface area contributed by atoms with E-state index < -0.39 is 14.8 Å². The Balaban J connectivity index is 2.67. The zero-order valence-corrected chi connectivity index (χ0v) is 13.0. The molecule has 0 unspecified atom stereocenters. The van der Waals surface area contributed by atoms with Crippen LogP contribution in [-0.2, 0) is 16.6 Å². The molecule has 1 rings (SSSR count). The first-order valence-electron chi connectivity index (χ1n) is 6.58. The fourth-order valence-corrected chi connectivity index (χ4v) is 2.16. The number of sulfonamides is 1. The molecule has 4 nitrogen and oxygen atoms in total. The van der Waals surface area contributed by atoms with Crippen molar-refractivity contribution in [1.29, 1.82) is 0 Å². The van der Waals surface area contributed by atoms with Crippen LogP contribution in [0.25, 0.3) is 0 Å². The maximum absolute atomic E-state index is 12.0. The summed E-state index contributed by atoms with van der Waals surface area (Å²) in [4.78, 5) is 0. The normalized spacial score (nSPS) is 12.4. The van der Waals surface area contributed by atoms with Gasteiger partial charge in [0.15, 0.2) is 0 Å². The van der Waals surface area contributed by atoms with Crippen molar-refractivity contribution in [2.75, 3.05) is 11.3 Å². The lowest BCUT2D eigenvalue weighted by Gasteiger charge is -2.20. The third-order valence-corrected chi connectivity index (χ3v) is 4.89. The van der Waals surface area contributed by atoms with Crippen LogP contribution in [0.5, 0.6) is 0 Å². The molecule has 0 aliphatic heterocycles. The summed E-state index contributed by atoms with van der Waals surface area (Å²) in [6.45, 7) is 8.95. The Bertz CT molecular complexity index is 487. The minimum Gasteiger partial charge on any atom is -0.313 e.